The maximum atomic E-state index is 13.5. The molecule has 1 heterocycles. The van der Waals surface area contributed by atoms with Gasteiger partial charge < -0.3 is 20.1 Å². The fourth-order valence-corrected chi connectivity index (χ4v) is 4.48. The SMILES string of the molecule is O=C(O)CC1CN(C(=O)CC(NC(=O)OCC2c3ccccc3-c3ccccc32)C(F)(F)F)C1. The van der Waals surface area contributed by atoms with Gasteiger partial charge in [0.2, 0.25) is 5.91 Å². The molecule has 10 heteroatoms. The Morgan fingerprint density at radius 3 is 2.12 bits per heavy atom. The summed E-state index contributed by atoms with van der Waals surface area (Å²) in [6, 6.07) is 12.7. The highest BCUT2D eigenvalue weighted by Gasteiger charge is 2.44. The average Bonchev–Trinajstić information content (AvgIpc) is 3.07. The molecule has 0 radical (unpaired) electrons. The molecular weight excluding hydrogens is 453 g/mol. The van der Waals surface area contributed by atoms with Crippen LogP contribution in [0.4, 0.5) is 18.0 Å². The molecule has 1 aliphatic carbocycles. The average molecular weight is 476 g/mol. The topological polar surface area (TPSA) is 95.9 Å². The van der Waals surface area contributed by atoms with Gasteiger partial charge in [-0.3, -0.25) is 9.59 Å². The van der Waals surface area contributed by atoms with Crippen molar-refractivity contribution in [3.63, 3.8) is 0 Å². The molecule has 1 saturated heterocycles. The van der Waals surface area contributed by atoms with Gasteiger partial charge in [0.1, 0.15) is 12.6 Å². The van der Waals surface area contributed by atoms with E-state index in [1.54, 1.807) is 5.32 Å². The lowest BCUT2D eigenvalue weighted by atomic mass is 9.95. The smallest absolute Gasteiger partial charge is 0.409 e. The number of likely N-dealkylation sites (tertiary alicyclic amines) is 1. The number of ether oxygens (including phenoxy) is 1. The Balaban J connectivity index is 1.35. The largest absolute Gasteiger partial charge is 0.481 e. The number of fused-ring (bicyclic) bond motifs is 3. The number of halogens is 3. The number of alkyl carbamates (subject to hydrolysis) is 1. The molecule has 1 atom stereocenters. The molecule has 34 heavy (non-hydrogen) atoms. The number of benzene rings is 2. The summed E-state index contributed by atoms with van der Waals surface area (Å²) in [4.78, 5) is 36.3. The molecule has 2 N–H and O–H groups in total. The number of nitrogens with one attached hydrogen (secondary N) is 1. The predicted molar refractivity (Wildman–Crippen MR) is 115 cm³/mol. The lowest BCUT2D eigenvalue weighted by Crippen LogP contribution is -2.54. The number of alkyl halides is 3. The van der Waals surface area contributed by atoms with Gasteiger partial charge in [-0.05, 0) is 22.3 Å². The summed E-state index contributed by atoms with van der Waals surface area (Å²) >= 11 is 0. The predicted octanol–water partition coefficient (Wildman–Crippen LogP) is 3.78. The van der Waals surface area contributed by atoms with Gasteiger partial charge in [-0.1, -0.05) is 48.5 Å². The van der Waals surface area contributed by atoms with Gasteiger partial charge in [-0.25, -0.2) is 4.79 Å². The minimum absolute atomic E-state index is 0.0840. The maximum absolute atomic E-state index is 13.5. The lowest BCUT2D eigenvalue weighted by Gasteiger charge is -2.39. The van der Waals surface area contributed by atoms with Crippen molar-refractivity contribution in [3.05, 3.63) is 59.7 Å². The number of carbonyl (C=O) groups excluding carboxylic acids is 2. The zero-order chi connectivity index (χ0) is 24.5. The van der Waals surface area contributed by atoms with Crippen molar-refractivity contribution in [2.45, 2.75) is 31.0 Å². The molecule has 180 valence electrons. The van der Waals surface area contributed by atoms with Crippen molar-refractivity contribution in [1.29, 1.82) is 0 Å². The highest BCUT2D eigenvalue weighted by Crippen LogP contribution is 2.44. The maximum Gasteiger partial charge on any atom is 0.409 e. The first kappa shape index (κ1) is 23.6. The minimum atomic E-state index is -4.85. The zero-order valence-corrected chi connectivity index (χ0v) is 18.0. The molecule has 2 amide bonds. The van der Waals surface area contributed by atoms with Gasteiger partial charge in [-0.2, -0.15) is 13.2 Å². The molecule has 1 fully saturated rings. The Kier molecular flexibility index (Phi) is 6.49. The van der Waals surface area contributed by atoms with E-state index in [1.165, 1.54) is 0 Å². The molecule has 1 aliphatic heterocycles. The van der Waals surface area contributed by atoms with Gasteiger partial charge in [-0.15, -0.1) is 0 Å². The van der Waals surface area contributed by atoms with Gasteiger partial charge in [0.05, 0.1) is 12.8 Å². The number of carbonyl (C=O) groups is 3. The lowest BCUT2D eigenvalue weighted by molar-refractivity contribution is -0.166. The summed E-state index contributed by atoms with van der Waals surface area (Å²) in [7, 11) is 0. The Morgan fingerprint density at radius 1 is 1.03 bits per heavy atom. The van der Waals surface area contributed by atoms with Crippen LogP contribution in [0.3, 0.4) is 0 Å². The van der Waals surface area contributed by atoms with Crippen LogP contribution < -0.4 is 5.32 Å². The van der Waals surface area contributed by atoms with E-state index in [2.05, 4.69) is 0 Å². The number of amides is 2. The van der Waals surface area contributed by atoms with E-state index in [0.29, 0.717) is 0 Å². The molecule has 2 aromatic rings. The first-order valence-corrected chi connectivity index (χ1v) is 10.8. The van der Waals surface area contributed by atoms with Crippen molar-refractivity contribution < 1.29 is 37.4 Å². The minimum Gasteiger partial charge on any atom is -0.481 e. The van der Waals surface area contributed by atoms with Crippen LogP contribution in [0.1, 0.15) is 29.9 Å². The number of hydrogen-bond acceptors (Lipinski definition) is 4. The van der Waals surface area contributed by atoms with Crippen molar-refractivity contribution >= 4 is 18.0 Å². The van der Waals surface area contributed by atoms with Crippen LogP contribution in [0.25, 0.3) is 11.1 Å². The Morgan fingerprint density at radius 2 is 1.59 bits per heavy atom. The van der Waals surface area contributed by atoms with Crippen LogP contribution in [0.5, 0.6) is 0 Å². The van der Waals surface area contributed by atoms with Gasteiger partial charge >= 0.3 is 18.2 Å². The standard InChI is InChI=1S/C24H23F3N2O5/c25-24(26,27)20(10-21(30)29-11-14(12-29)9-22(31)32)28-23(33)34-13-19-17-7-3-1-5-15(17)16-6-2-4-8-18(16)19/h1-8,14,19-20H,9-13H2,(H,28,33)(H,31,32). The van der Waals surface area contributed by atoms with E-state index < -0.39 is 36.6 Å². The number of rotatable bonds is 7. The number of nitrogens with zero attached hydrogens (tertiary/aromatic N) is 1. The monoisotopic (exact) mass is 476 g/mol. The Bertz CT molecular complexity index is 1050. The second kappa shape index (κ2) is 9.36. The summed E-state index contributed by atoms with van der Waals surface area (Å²) in [5, 5.41) is 10.5. The van der Waals surface area contributed by atoms with E-state index in [4.69, 9.17) is 9.84 Å². The normalized spacial score (nSPS) is 16.3. The molecule has 0 bridgehead atoms. The summed E-state index contributed by atoms with van der Waals surface area (Å²) in [5.74, 6) is -2.41. The number of carboxylic acid groups (broad SMARTS) is 1. The van der Waals surface area contributed by atoms with Crippen molar-refractivity contribution in [3.8, 4) is 11.1 Å². The molecule has 2 aliphatic rings. The molecule has 0 aromatic heterocycles. The van der Waals surface area contributed by atoms with E-state index in [0.717, 1.165) is 27.2 Å². The van der Waals surface area contributed by atoms with Crippen LogP contribution in [-0.2, 0) is 14.3 Å². The molecule has 4 rings (SSSR count). The molecule has 7 nitrogen and oxygen atoms in total. The van der Waals surface area contributed by atoms with Crippen molar-refractivity contribution in [2.24, 2.45) is 5.92 Å². The van der Waals surface area contributed by atoms with E-state index in [-0.39, 0.29) is 38.0 Å². The molecular formula is C24H23F3N2O5. The third-order valence-corrected chi connectivity index (χ3v) is 6.18. The Hall–Kier alpha value is -3.56. The van der Waals surface area contributed by atoms with Crippen LogP contribution in [0.15, 0.2) is 48.5 Å². The molecule has 1 unspecified atom stereocenters. The highest BCUT2D eigenvalue weighted by molar-refractivity contribution is 5.80. The fraction of sp³-hybridized carbons (Fsp3) is 0.375. The summed E-state index contributed by atoms with van der Waals surface area (Å²) in [5.41, 5.74) is 3.82. The van der Waals surface area contributed by atoms with Crippen LogP contribution >= 0.6 is 0 Å². The van der Waals surface area contributed by atoms with Crippen LogP contribution in [-0.4, -0.2) is 59.9 Å². The third kappa shape index (κ3) is 5.00. The summed E-state index contributed by atoms with van der Waals surface area (Å²) < 4.78 is 45.6. The zero-order valence-electron chi connectivity index (χ0n) is 18.0. The molecule has 2 aromatic carbocycles. The second-order valence-electron chi connectivity index (χ2n) is 8.53. The quantitative estimate of drug-likeness (QED) is 0.634. The van der Waals surface area contributed by atoms with Gasteiger partial charge in [0.15, 0.2) is 0 Å². The van der Waals surface area contributed by atoms with E-state index in [1.807, 2.05) is 48.5 Å². The Labute approximate surface area is 193 Å². The first-order chi connectivity index (χ1) is 16.1. The van der Waals surface area contributed by atoms with Gasteiger partial charge in [0.25, 0.3) is 0 Å². The molecule has 0 saturated carbocycles. The number of hydrogen-bond donors (Lipinski definition) is 2. The third-order valence-electron chi connectivity index (χ3n) is 6.18. The number of aliphatic carboxylic acids is 1. The molecule has 0 spiro atoms. The van der Waals surface area contributed by atoms with E-state index >= 15 is 0 Å². The second-order valence-corrected chi connectivity index (χ2v) is 8.53. The number of carboxylic acids is 1. The van der Waals surface area contributed by atoms with Crippen molar-refractivity contribution in [1.82, 2.24) is 10.2 Å². The summed E-state index contributed by atoms with van der Waals surface area (Å²) in [6.45, 7) is 0.0166. The van der Waals surface area contributed by atoms with Crippen LogP contribution in [0, 0.1) is 5.92 Å². The summed E-state index contributed by atoms with van der Waals surface area (Å²) in [6.07, 6.45) is -7.24. The van der Waals surface area contributed by atoms with E-state index in [9.17, 15) is 27.6 Å². The van der Waals surface area contributed by atoms with Crippen LogP contribution in [0.2, 0.25) is 0 Å². The first-order valence-electron chi connectivity index (χ1n) is 10.8. The van der Waals surface area contributed by atoms with Gasteiger partial charge in [0, 0.05) is 24.9 Å². The highest BCUT2D eigenvalue weighted by atomic mass is 19.4. The van der Waals surface area contributed by atoms with Crippen molar-refractivity contribution in [2.75, 3.05) is 19.7 Å². The fourth-order valence-electron chi connectivity index (χ4n) is 4.48.